The average Bonchev–Trinajstić information content (AvgIpc) is 2.97. The molecule has 3 heterocycles. The molecule has 0 saturated heterocycles. The van der Waals surface area contributed by atoms with Gasteiger partial charge >= 0.3 is 5.97 Å². The average molecular weight is 568 g/mol. The van der Waals surface area contributed by atoms with Crippen LogP contribution in [0.1, 0.15) is 16.1 Å². The Bertz CT molecular complexity index is 1610. The van der Waals surface area contributed by atoms with Crippen LogP contribution in [0, 0.1) is 6.92 Å². The van der Waals surface area contributed by atoms with E-state index in [1.165, 1.54) is 44.8 Å². The number of hydrogen-bond acceptors (Lipinski definition) is 12. The van der Waals surface area contributed by atoms with E-state index in [1.54, 1.807) is 37.3 Å². The summed E-state index contributed by atoms with van der Waals surface area (Å²) >= 11 is 0. The van der Waals surface area contributed by atoms with Gasteiger partial charge in [-0.1, -0.05) is 18.2 Å². The van der Waals surface area contributed by atoms with Crippen molar-refractivity contribution in [2.45, 2.75) is 11.9 Å². The number of aliphatic hydroxyl groups is 1. The van der Waals surface area contributed by atoms with Gasteiger partial charge in [0.2, 0.25) is 5.75 Å². The van der Waals surface area contributed by atoms with E-state index in [-0.39, 0.29) is 53.0 Å². The fraction of sp³-hybridized carbons (Fsp3) is 0.192. The molecule has 0 aliphatic carbocycles. The van der Waals surface area contributed by atoms with Crippen LogP contribution in [0.25, 0.3) is 11.4 Å². The fourth-order valence-electron chi connectivity index (χ4n) is 3.36. The van der Waals surface area contributed by atoms with Crippen molar-refractivity contribution >= 4 is 21.8 Å². The van der Waals surface area contributed by atoms with Crippen molar-refractivity contribution in [1.29, 1.82) is 0 Å². The number of nitrogens with zero attached hydrogens (tertiary/aromatic N) is 4. The number of rotatable bonds is 11. The number of pyridine rings is 2. The predicted molar refractivity (Wildman–Crippen MR) is 142 cm³/mol. The van der Waals surface area contributed by atoms with Crippen LogP contribution in [0.2, 0.25) is 0 Å². The van der Waals surface area contributed by atoms with Gasteiger partial charge < -0.3 is 24.1 Å². The number of carbonyl (C=O) groups excluding carboxylic acids is 1. The van der Waals surface area contributed by atoms with Gasteiger partial charge in [-0.2, -0.15) is 13.4 Å². The monoisotopic (exact) mass is 567 g/mol. The van der Waals surface area contributed by atoms with E-state index < -0.39 is 16.0 Å². The van der Waals surface area contributed by atoms with Crippen LogP contribution < -0.4 is 18.9 Å². The summed E-state index contributed by atoms with van der Waals surface area (Å²) in [6.07, 6.45) is 2.75. The third-order valence-electron chi connectivity index (χ3n) is 5.25. The highest BCUT2D eigenvalue weighted by molar-refractivity contribution is 7.92. The number of methoxy groups -OCH3 is 2. The summed E-state index contributed by atoms with van der Waals surface area (Å²) in [6, 6.07) is 12.5. The molecule has 0 bridgehead atoms. The second-order valence-electron chi connectivity index (χ2n) is 8.06. The van der Waals surface area contributed by atoms with E-state index in [4.69, 9.17) is 24.1 Å². The molecule has 4 aromatic rings. The molecular weight excluding hydrogens is 542 g/mol. The lowest BCUT2D eigenvalue weighted by Gasteiger charge is -2.17. The molecule has 0 saturated carbocycles. The summed E-state index contributed by atoms with van der Waals surface area (Å²) in [5, 5.41) is 8.67. The third kappa shape index (κ3) is 6.42. The van der Waals surface area contributed by atoms with E-state index in [0.717, 1.165) is 5.56 Å². The number of aromatic nitrogens is 4. The van der Waals surface area contributed by atoms with Crippen molar-refractivity contribution < 1.29 is 37.3 Å². The third-order valence-corrected chi connectivity index (χ3v) is 6.51. The number of carbonyl (C=O) groups is 1. The number of aliphatic hydroxyl groups excluding tert-OH is 1. The Morgan fingerprint density at radius 3 is 2.45 bits per heavy atom. The van der Waals surface area contributed by atoms with E-state index in [1.807, 2.05) is 0 Å². The SMILES string of the molecule is COc1ccccc1Oc1c(NS(=O)(=O)c2ccc(C)cn2)nc(-c2ccnc(C(=O)OCCO)c2)nc1OC. The molecule has 1 aromatic carbocycles. The summed E-state index contributed by atoms with van der Waals surface area (Å²) in [4.78, 5) is 29.0. The fourth-order valence-corrected chi connectivity index (χ4v) is 4.29. The number of hydrogen-bond donors (Lipinski definition) is 2. The minimum absolute atomic E-state index is 0.0163. The van der Waals surface area contributed by atoms with Gasteiger partial charge in [-0.15, -0.1) is 0 Å². The van der Waals surface area contributed by atoms with Crippen LogP contribution >= 0.6 is 0 Å². The number of sulfonamides is 1. The van der Waals surface area contributed by atoms with Gasteiger partial charge in [0.1, 0.15) is 12.3 Å². The molecular formula is C26H25N5O8S. The largest absolute Gasteiger partial charge is 0.493 e. The predicted octanol–water partition coefficient (Wildman–Crippen LogP) is 3.00. The first-order valence-electron chi connectivity index (χ1n) is 11.7. The maximum absolute atomic E-state index is 13.3. The number of benzene rings is 1. The first-order chi connectivity index (χ1) is 19.2. The van der Waals surface area contributed by atoms with E-state index in [0.29, 0.717) is 11.3 Å². The van der Waals surface area contributed by atoms with Crippen molar-refractivity contribution in [2.75, 3.05) is 32.2 Å². The first kappa shape index (κ1) is 28.2. The van der Waals surface area contributed by atoms with Crippen LogP contribution in [0.15, 0.2) is 66.0 Å². The van der Waals surface area contributed by atoms with Crippen LogP contribution in [0.3, 0.4) is 0 Å². The second-order valence-corrected chi connectivity index (χ2v) is 9.68. The number of esters is 1. The lowest BCUT2D eigenvalue weighted by atomic mass is 10.2. The van der Waals surface area contributed by atoms with Crippen LogP contribution in [0.4, 0.5) is 5.82 Å². The second kappa shape index (κ2) is 12.4. The molecule has 40 heavy (non-hydrogen) atoms. The van der Waals surface area contributed by atoms with Gasteiger partial charge in [0.25, 0.3) is 15.9 Å². The molecule has 0 fully saturated rings. The molecule has 4 rings (SSSR count). The molecule has 0 amide bonds. The first-order valence-corrected chi connectivity index (χ1v) is 13.2. The molecule has 0 radical (unpaired) electrons. The van der Waals surface area contributed by atoms with Crippen molar-refractivity contribution in [3.8, 4) is 34.5 Å². The van der Waals surface area contributed by atoms with Gasteiger partial charge in [0.05, 0.1) is 20.8 Å². The minimum Gasteiger partial charge on any atom is -0.493 e. The topological polar surface area (TPSA) is 172 Å². The zero-order valence-electron chi connectivity index (χ0n) is 21.7. The molecule has 0 unspecified atom stereocenters. The molecule has 13 nitrogen and oxygen atoms in total. The summed E-state index contributed by atoms with van der Waals surface area (Å²) in [5.74, 6) is -0.719. The van der Waals surface area contributed by atoms with Crippen LogP contribution in [-0.4, -0.2) is 66.9 Å². The summed E-state index contributed by atoms with van der Waals surface area (Å²) in [5.41, 5.74) is 0.993. The minimum atomic E-state index is -4.24. The van der Waals surface area contributed by atoms with E-state index in [9.17, 15) is 13.2 Å². The van der Waals surface area contributed by atoms with Gasteiger partial charge in [-0.25, -0.2) is 19.7 Å². The smallest absolute Gasteiger partial charge is 0.357 e. The number of para-hydroxylation sites is 2. The van der Waals surface area contributed by atoms with Gasteiger partial charge in [-0.05, 0) is 42.8 Å². The van der Waals surface area contributed by atoms with E-state index >= 15 is 0 Å². The number of aryl methyl sites for hydroxylation is 1. The lowest BCUT2D eigenvalue weighted by molar-refractivity contribution is 0.0427. The highest BCUT2D eigenvalue weighted by Gasteiger charge is 2.26. The van der Waals surface area contributed by atoms with Gasteiger partial charge in [0, 0.05) is 18.0 Å². The normalized spacial score (nSPS) is 11.0. The Balaban J connectivity index is 1.84. The standard InChI is InChI=1S/C26H25N5O8S/c1-16-8-9-21(28-15-16)40(34,35)31-24-22(39-20-7-5-4-6-19(20)36-2)25(37-3)30-23(29-24)17-10-11-27-18(14-17)26(33)38-13-12-32/h4-11,14-15,32H,12-13H2,1-3H3,(H,29,30,31). The number of ether oxygens (including phenoxy) is 4. The van der Waals surface area contributed by atoms with Crippen LogP contribution in [0.5, 0.6) is 23.1 Å². The van der Waals surface area contributed by atoms with E-state index in [2.05, 4.69) is 24.7 Å². The zero-order chi connectivity index (χ0) is 28.7. The Hall–Kier alpha value is -4.82. The summed E-state index contributed by atoms with van der Waals surface area (Å²) in [7, 11) is -1.46. The Labute approximate surface area is 229 Å². The van der Waals surface area contributed by atoms with Crippen molar-refractivity contribution in [3.05, 3.63) is 72.2 Å². The maximum atomic E-state index is 13.3. The Morgan fingerprint density at radius 2 is 1.77 bits per heavy atom. The molecule has 208 valence electrons. The van der Waals surface area contributed by atoms with Crippen molar-refractivity contribution in [1.82, 2.24) is 19.9 Å². The lowest BCUT2D eigenvalue weighted by Crippen LogP contribution is -2.17. The number of anilines is 1. The highest BCUT2D eigenvalue weighted by atomic mass is 32.2. The molecule has 0 aliphatic rings. The maximum Gasteiger partial charge on any atom is 0.357 e. The van der Waals surface area contributed by atoms with Crippen molar-refractivity contribution in [3.63, 3.8) is 0 Å². The quantitative estimate of drug-likeness (QED) is 0.254. The number of nitrogens with one attached hydrogen (secondary N) is 1. The molecule has 14 heteroatoms. The van der Waals surface area contributed by atoms with Crippen molar-refractivity contribution in [2.24, 2.45) is 0 Å². The zero-order valence-corrected chi connectivity index (χ0v) is 22.5. The van der Waals surface area contributed by atoms with Gasteiger partial charge in [-0.3, -0.25) is 4.72 Å². The molecule has 0 spiro atoms. The van der Waals surface area contributed by atoms with Gasteiger partial charge in [0.15, 0.2) is 28.2 Å². The molecule has 0 aliphatic heterocycles. The summed E-state index contributed by atoms with van der Waals surface area (Å²) < 4.78 is 50.7. The highest BCUT2D eigenvalue weighted by Crippen LogP contribution is 2.41. The Morgan fingerprint density at radius 1 is 1.00 bits per heavy atom. The molecule has 2 N–H and O–H groups in total. The summed E-state index contributed by atoms with van der Waals surface area (Å²) in [6.45, 7) is 1.22. The molecule has 0 atom stereocenters. The molecule has 3 aromatic heterocycles. The van der Waals surface area contributed by atoms with Crippen LogP contribution in [-0.2, 0) is 14.8 Å². The Kier molecular flexibility index (Phi) is 8.71.